The average molecular weight is 725 g/mol. The maximum atomic E-state index is 14.0. The van der Waals surface area contributed by atoms with Crippen LogP contribution in [-0.2, 0) is 20.0 Å². The molecular weight excluding hydrogens is 689 g/mol. The molecule has 260 valence electrons. The molecule has 0 aromatic heterocycles. The predicted octanol–water partition coefficient (Wildman–Crippen LogP) is 6.72. The fourth-order valence-electron chi connectivity index (χ4n) is 6.20. The third kappa shape index (κ3) is 8.18. The number of hydrogen-bond acceptors (Lipinski definition) is 6. The van der Waals surface area contributed by atoms with Crippen molar-refractivity contribution >= 4 is 30.8 Å². The molecule has 0 saturated carbocycles. The molecule has 0 amide bonds. The standard InChI is InChI=1S/C42H36N4O4S2/c1-3-43-39(31-17-9-5-10-18-31)41(33-21-13-7-14-22-33)45-51(47,48)37-27-25-36-30-38(28-26-35(36)29-37)52(49,50)46-42(34-23-15-8-16-24-34)40(44-4-2)32-19-11-6-12-20-32/h1-2,5-30,39-46H/t39-,40-,41-,42-/m1/s1. The van der Waals surface area contributed by atoms with Gasteiger partial charge in [0.15, 0.2) is 0 Å². The van der Waals surface area contributed by atoms with Gasteiger partial charge in [-0.25, -0.2) is 26.3 Å². The Labute approximate surface area is 305 Å². The minimum absolute atomic E-state index is 0.0115. The molecule has 6 aromatic rings. The van der Waals surface area contributed by atoms with E-state index in [0.29, 0.717) is 21.9 Å². The van der Waals surface area contributed by atoms with E-state index >= 15 is 0 Å². The SMILES string of the molecule is C#CN[C@H](c1ccccc1)[C@H](NS(=O)(=O)c1ccc2cc(S(=O)(=O)N[C@H](c3ccccc3)[C@H](NC#C)c3ccccc3)ccc2c1)c1ccccc1. The molecule has 6 aromatic carbocycles. The van der Waals surface area contributed by atoms with Crippen molar-refractivity contribution in [3.63, 3.8) is 0 Å². The molecule has 0 aliphatic heterocycles. The first-order valence-electron chi connectivity index (χ1n) is 16.4. The summed E-state index contributed by atoms with van der Waals surface area (Å²) >= 11 is 0. The summed E-state index contributed by atoms with van der Waals surface area (Å²) in [6.07, 6.45) is 11.4. The Kier molecular flexibility index (Phi) is 11.0. The lowest BCUT2D eigenvalue weighted by atomic mass is 9.94. The van der Waals surface area contributed by atoms with Gasteiger partial charge in [0.05, 0.1) is 34.0 Å². The van der Waals surface area contributed by atoms with Crippen molar-refractivity contribution in [3.05, 3.63) is 180 Å². The zero-order valence-electron chi connectivity index (χ0n) is 27.9. The van der Waals surface area contributed by atoms with Gasteiger partial charge in [-0.05, 0) is 57.3 Å². The van der Waals surface area contributed by atoms with Crippen LogP contribution in [0, 0.1) is 24.9 Å². The topological polar surface area (TPSA) is 116 Å². The molecule has 0 aliphatic carbocycles. The molecule has 0 spiro atoms. The molecule has 0 saturated heterocycles. The van der Waals surface area contributed by atoms with Crippen LogP contribution in [-0.4, -0.2) is 16.8 Å². The molecule has 8 nitrogen and oxygen atoms in total. The van der Waals surface area contributed by atoms with Gasteiger partial charge in [-0.1, -0.05) is 146 Å². The molecule has 4 N–H and O–H groups in total. The largest absolute Gasteiger partial charge is 0.337 e. The maximum Gasteiger partial charge on any atom is 0.241 e. The van der Waals surface area contributed by atoms with Crippen LogP contribution in [0.25, 0.3) is 10.8 Å². The van der Waals surface area contributed by atoms with E-state index in [-0.39, 0.29) is 9.79 Å². The minimum Gasteiger partial charge on any atom is -0.337 e. The Bertz CT molecular complexity index is 2260. The second-order valence-corrected chi connectivity index (χ2v) is 15.5. The summed E-state index contributed by atoms with van der Waals surface area (Å²) in [5, 5.41) is 7.06. The maximum absolute atomic E-state index is 14.0. The third-order valence-electron chi connectivity index (χ3n) is 8.75. The van der Waals surface area contributed by atoms with Crippen molar-refractivity contribution in [1.82, 2.24) is 20.1 Å². The number of fused-ring (bicyclic) bond motifs is 1. The summed E-state index contributed by atoms with van der Waals surface area (Å²) in [5.74, 6) is 0. The molecular formula is C42H36N4O4S2. The van der Waals surface area contributed by atoms with E-state index in [0.717, 1.165) is 11.1 Å². The van der Waals surface area contributed by atoms with Gasteiger partial charge in [-0.15, -0.1) is 0 Å². The first kappa shape index (κ1) is 35.9. The van der Waals surface area contributed by atoms with Gasteiger partial charge in [0, 0.05) is 12.1 Å². The molecule has 4 atom stereocenters. The Morgan fingerprint density at radius 3 is 0.981 bits per heavy atom. The zero-order valence-corrected chi connectivity index (χ0v) is 29.6. The lowest BCUT2D eigenvalue weighted by Gasteiger charge is -2.28. The first-order valence-corrected chi connectivity index (χ1v) is 19.4. The van der Waals surface area contributed by atoms with E-state index in [2.05, 4.69) is 32.2 Å². The van der Waals surface area contributed by atoms with Crippen molar-refractivity contribution in [2.75, 3.05) is 0 Å². The van der Waals surface area contributed by atoms with Crippen molar-refractivity contribution in [3.8, 4) is 24.9 Å². The van der Waals surface area contributed by atoms with Crippen molar-refractivity contribution < 1.29 is 16.8 Å². The fourth-order valence-corrected chi connectivity index (χ4v) is 8.75. The number of hydrogen-bond donors (Lipinski definition) is 4. The highest BCUT2D eigenvalue weighted by Gasteiger charge is 2.31. The summed E-state index contributed by atoms with van der Waals surface area (Å²) in [5.41, 5.74) is 3.04. The van der Waals surface area contributed by atoms with Crippen molar-refractivity contribution in [2.24, 2.45) is 0 Å². The van der Waals surface area contributed by atoms with Crippen LogP contribution in [0.5, 0.6) is 0 Å². The van der Waals surface area contributed by atoms with Gasteiger partial charge in [0.2, 0.25) is 20.0 Å². The Balaban J connectivity index is 1.31. The average Bonchev–Trinajstić information content (AvgIpc) is 3.18. The molecule has 0 aliphatic rings. The number of nitrogens with one attached hydrogen (secondary N) is 4. The molecule has 0 bridgehead atoms. The lowest BCUT2D eigenvalue weighted by molar-refractivity contribution is 0.469. The van der Waals surface area contributed by atoms with Gasteiger partial charge in [0.1, 0.15) is 0 Å². The van der Waals surface area contributed by atoms with E-state index in [1.807, 2.05) is 121 Å². The summed E-state index contributed by atoms with van der Waals surface area (Å²) in [4.78, 5) is 0.0229. The van der Waals surface area contributed by atoms with E-state index in [9.17, 15) is 16.8 Å². The molecule has 0 unspecified atom stereocenters. The van der Waals surface area contributed by atoms with Gasteiger partial charge in [-0.3, -0.25) is 0 Å². The third-order valence-corrected chi connectivity index (χ3v) is 11.6. The van der Waals surface area contributed by atoms with Crippen LogP contribution in [0.1, 0.15) is 46.4 Å². The molecule has 52 heavy (non-hydrogen) atoms. The Morgan fingerprint density at radius 1 is 0.404 bits per heavy atom. The number of terminal acetylenes is 2. The van der Waals surface area contributed by atoms with Gasteiger partial charge < -0.3 is 10.6 Å². The summed E-state index contributed by atoms with van der Waals surface area (Å²) in [6.45, 7) is 0. The molecule has 0 radical (unpaired) electrons. The number of sulfonamides is 2. The van der Waals surface area contributed by atoms with E-state index < -0.39 is 44.2 Å². The van der Waals surface area contributed by atoms with Gasteiger partial charge in [0.25, 0.3) is 0 Å². The van der Waals surface area contributed by atoms with Crippen LogP contribution >= 0.6 is 0 Å². The van der Waals surface area contributed by atoms with Crippen LogP contribution in [0.2, 0.25) is 0 Å². The van der Waals surface area contributed by atoms with E-state index in [1.54, 1.807) is 12.1 Å². The zero-order chi connectivity index (χ0) is 36.6. The normalized spacial score (nSPS) is 13.9. The number of rotatable bonds is 14. The van der Waals surface area contributed by atoms with Crippen LogP contribution in [0.4, 0.5) is 0 Å². The monoisotopic (exact) mass is 724 g/mol. The van der Waals surface area contributed by atoms with E-state index in [1.165, 1.54) is 24.3 Å². The highest BCUT2D eigenvalue weighted by atomic mass is 32.2. The van der Waals surface area contributed by atoms with E-state index in [4.69, 9.17) is 12.8 Å². The molecule has 6 rings (SSSR count). The second kappa shape index (κ2) is 16.0. The van der Waals surface area contributed by atoms with Crippen LogP contribution in [0.15, 0.2) is 168 Å². The van der Waals surface area contributed by atoms with Crippen molar-refractivity contribution in [1.29, 1.82) is 0 Å². The highest BCUT2D eigenvalue weighted by Crippen LogP contribution is 2.33. The van der Waals surface area contributed by atoms with Gasteiger partial charge in [-0.2, -0.15) is 0 Å². The first-order chi connectivity index (χ1) is 25.2. The molecule has 0 heterocycles. The molecule has 10 heteroatoms. The van der Waals surface area contributed by atoms with Crippen molar-refractivity contribution in [2.45, 2.75) is 34.0 Å². The van der Waals surface area contributed by atoms with Crippen LogP contribution in [0.3, 0.4) is 0 Å². The highest BCUT2D eigenvalue weighted by molar-refractivity contribution is 7.89. The Hall–Kier alpha value is -5.88. The smallest absolute Gasteiger partial charge is 0.241 e. The quantitative estimate of drug-likeness (QED) is 0.0733. The second-order valence-electron chi connectivity index (χ2n) is 12.0. The van der Waals surface area contributed by atoms with Crippen LogP contribution < -0.4 is 20.1 Å². The lowest BCUT2D eigenvalue weighted by Crippen LogP contribution is -2.37. The minimum atomic E-state index is -4.11. The number of benzene rings is 6. The van der Waals surface area contributed by atoms with Gasteiger partial charge >= 0.3 is 0 Å². The fraction of sp³-hybridized carbons (Fsp3) is 0.0952. The molecule has 0 fully saturated rings. The Morgan fingerprint density at radius 2 is 0.692 bits per heavy atom. The summed E-state index contributed by atoms with van der Waals surface area (Å²) in [7, 11) is -8.22. The predicted molar refractivity (Wildman–Crippen MR) is 205 cm³/mol. The summed E-state index contributed by atoms with van der Waals surface area (Å²) in [6, 6.07) is 48.5. The summed E-state index contributed by atoms with van der Waals surface area (Å²) < 4.78 is 61.7.